The molecule has 22 heavy (non-hydrogen) atoms. The number of aliphatic imine (C=N–C) groups is 2. The third-order valence-corrected chi connectivity index (χ3v) is 3.59. The fourth-order valence-electron chi connectivity index (χ4n) is 2.30. The molecule has 2 rings (SSSR count). The molecule has 2 unspecified atom stereocenters. The molecule has 0 bridgehead atoms. The van der Waals surface area contributed by atoms with Crippen LogP contribution in [0.4, 0.5) is 0 Å². The zero-order valence-corrected chi connectivity index (χ0v) is 15.0. The second kappa shape index (κ2) is 11.7. The van der Waals surface area contributed by atoms with Gasteiger partial charge in [0.1, 0.15) is 11.7 Å². The van der Waals surface area contributed by atoms with Crippen molar-refractivity contribution in [1.29, 1.82) is 0 Å². The number of halogens is 2. The largest absolute Gasteiger partial charge is 0.373 e. The highest BCUT2D eigenvalue weighted by Crippen LogP contribution is 2.05. The van der Waals surface area contributed by atoms with Gasteiger partial charge in [0.05, 0.1) is 13.1 Å². The number of hydrogen-bond donors (Lipinski definition) is 2. The zero-order chi connectivity index (χ0) is 14.2. The third-order valence-electron chi connectivity index (χ3n) is 3.59. The van der Waals surface area contributed by atoms with Crippen LogP contribution in [0.2, 0.25) is 0 Å². The first-order valence-corrected chi connectivity index (χ1v) is 7.67. The van der Waals surface area contributed by atoms with Gasteiger partial charge < -0.3 is 10.6 Å². The lowest BCUT2D eigenvalue weighted by Gasteiger charge is -2.19. The number of amidine groups is 2. The fourth-order valence-corrected chi connectivity index (χ4v) is 2.30. The molecule has 0 aromatic carbocycles. The molecule has 8 heteroatoms. The predicted molar refractivity (Wildman–Crippen MR) is 97.3 cm³/mol. The van der Waals surface area contributed by atoms with Crippen molar-refractivity contribution < 1.29 is 0 Å². The van der Waals surface area contributed by atoms with Gasteiger partial charge in [-0.15, -0.1) is 24.8 Å². The van der Waals surface area contributed by atoms with Crippen LogP contribution in [0, 0.1) is 11.8 Å². The van der Waals surface area contributed by atoms with E-state index in [1.807, 2.05) is 0 Å². The quantitative estimate of drug-likeness (QED) is 0.721. The summed E-state index contributed by atoms with van der Waals surface area (Å²) in [6, 6.07) is 0. The van der Waals surface area contributed by atoms with E-state index < -0.39 is 0 Å². The summed E-state index contributed by atoms with van der Waals surface area (Å²) in [5.41, 5.74) is 0. The Bertz CT molecular complexity index is 361. The maximum Gasteiger partial charge on any atom is 0.101 e. The van der Waals surface area contributed by atoms with Gasteiger partial charge in [-0.3, -0.25) is 9.98 Å². The summed E-state index contributed by atoms with van der Waals surface area (Å²) in [5.74, 6) is 2.84. The molecule has 0 fully saturated rings. The first-order chi connectivity index (χ1) is 9.77. The topological polar surface area (TPSA) is 73.5 Å². The average Bonchev–Trinajstić information content (AvgIpc) is 2.53. The van der Waals surface area contributed by atoms with Crippen molar-refractivity contribution in [2.45, 2.75) is 26.7 Å². The minimum Gasteiger partial charge on any atom is -0.373 e. The monoisotopic (exact) mass is 350 g/mol. The van der Waals surface area contributed by atoms with E-state index in [-0.39, 0.29) is 24.8 Å². The second-order valence-corrected chi connectivity index (χ2v) is 5.54. The van der Waals surface area contributed by atoms with Crippen molar-refractivity contribution >= 4 is 36.5 Å². The van der Waals surface area contributed by atoms with Crippen molar-refractivity contribution in [1.82, 2.24) is 10.6 Å². The van der Waals surface area contributed by atoms with E-state index in [4.69, 9.17) is 0 Å². The van der Waals surface area contributed by atoms with Gasteiger partial charge in [0, 0.05) is 38.0 Å². The number of nitrogens with one attached hydrogen (secondary N) is 2. The Labute approximate surface area is 145 Å². The van der Waals surface area contributed by atoms with E-state index in [2.05, 4.69) is 44.7 Å². The Balaban J connectivity index is 0.00000220. The summed E-state index contributed by atoms with van der Waals surface area (Å²) >= 11 is 0. The Morgan fingerprint density at radius 2 is 1.27 bits per heavy atom. The molecule has 0 radical (unpaired) electrons. The molecule has 128 valence electrons. The van der Waals surface area contributed by atoms with Gasteiger partial charge in [-0.2, -0.15) is 10.2 Å². The Kier molecular flexibility index (Phi) is 11.2. The van der Waals surface area contributed by atoms with Gasteiger partial charge in [-0.25, -0.2) is 0 Å². The number of azo groups is 1. The summed E-state index contributed by atoms with van der Waals surface area (Å²) in [6.45, 7) is 9.64. The Morgan fingerprint density at radius 1 is 0.864 bits per heavy atom. The maximum atomic E-state index is 4.49. The van der Waals surface area contributed by atoms with Gasteiger partial charge >= 0.3 is 0 Å². The SMILES string of the molecule is CC(CN=NCC(C)C1=NCCCN1)C1=NCCCN1.Cl.Cl. The molecule has 0 spiro atoms. The zero-order valence-electron chi connectivity index (χ0n) is 13.4. The summed E-state index contributed by atoms with van der Waals surface area (Å²) in [6.07, 6.45) is 2.26. The fraction of sp³-hybridized carbons (Fsp3) is 0.857. The van der Waals surface area contributed by atoms with E-state index in [9.17, 15) is 0 Å². The number of rotatable bonds is 6. The highest BCUT2D eigenvalue weighted by Gasteiger charge is 2.13. The van der Waals surface area contributed by atoms with Crippen LogP contribution in [-0.2, 0) is 0 Å². The first-order valence-electron chi connectivity index (χ1n) is 7.67. The van der Waals surface area contributed by atoms with Crippen LogP contribution in [0.3, 0.4) is 0 Å². The number of nitrogens with zero attached hydrogens (tertiary/aromatic N) is 4. The van der Waals surface area contributed by atoms with Gasteiger partial charge in [0.15, 0.2) is 0 Å². The molecular weight excluding hydrogens is 323 g/mol. The molecule has 0 saturated heterocycles. The van der Waals surface area contributed by atoms with Crippen LogP contribution in [-0.4, -0.2) is 50.9 Å². The second-order valence-electron chi connectivity index (χ2n) is 5.54. The molecule has 2 heterocycles. The molecule has 2 atom stereocenters. The van der Waals surface area contributed by atoms with Crippen molar-refractivity contribution in [2.24, 2.45) is 32.0 Å². The minimum atomic E-state index is 0. The van der Waals surface area contributed by atoms with E-state index in [1.54, 1.807) is 0 Å². The lowest BCUT2D eigenvalue weighted by molar-refractivity contribution is 0.628. The highest BCUT2D eigenvalue weighted by molar-refractivity contribution is 5.86. The summed E-state index contributed by atoms with van der Waals surface area (Å²) < 4.78 is 0. The van der Waals surface area contributed by atoms with E-state index in [1.165, 1.54) is 0 Å². The normalized spacial score (nSPS) is 20.5. The predicted octanol–water partition coefficient (Wildman–Crippen LogP) is 2.34. The third kappa shape index (κ3) is 6.92. The highest BCUT2D eigenvalue weighted by atomic mass is 35.5. The lowest BCUT2D eigenvalue weighted by Crippen LogP contribution is -2.35. The molecule has 0 aliphatic carbocycles. The minimum absolute atomic E-state index is 0. The Morgan fingerprint density at radius 3 is 1.59 bits per heavy atom. The van der Waals surface area contributed by atoms with Crippen LogP contribution in [0.25, 0.3) is 0 Å². The van der Waals surface area contributed by atoms with Gasteiger partial charge in [-0.05, 0) is 12.8 Å². The molecule has 6 nitrogen and oxygen atoms in total. The van der Waals surface area contributed by atoms with Crippen LogP contribution >= 0.6 is 24.8 Å². The molecule has 0 aromatic rings. The van der Waals surface area contributed by atoms with Crippen molar-refractivity contribution in [3.8, 4) is 0 Å². The molecule has 2 aliphatic rings. The maximum absolute atomic E-state index is 4.49. The van der Waals surface area contributed by atoms with Crippen LogP contribution in [0.15, 0.2) is 20.2 Å². The van der Waals surface area contributed by atoms with Crippen LogP contribution in [0.1, 0.15) is 26.7 Å². The standard InChI is InChI=1S/C14H26N6.2ClH/c1-11(13-15-5-3-6-16-13)9-19-20-10-12(2)14-17-7-4-8-18-14;;/h11-12H,3-10H2,1-2H3,(H,15,16)(H,17,18);2*1H. The first kappa shape index (κ1) is 21.1. The van der Waals surface area contributed by atoms with Crippen molar-refractivity contribution in [3.05, 3.63) is 0 Å². The summed E-state index contributed by atoms with van der Waals surface area (Å²) in [5, 5.41) is 15.3. The van der Waals surface area contributed by atoms with Crippen molar-refractivity contribution in [3.63, 3.8) is 0 Å². The summed E-state index contributed by atoms with van der Waals surface area (Å²) in [7, 11) is 0. The van der Waals surface area contributed by atoms with Crippen LogP contribution < -0.4 is 10.6 Å². The molecule has 2 N–H and O–H groups in total. The number of hydrogen-bond acceptors (Lipinski definition) is 6. The van der Waals surface area contributed by atoms with Gasteiger partial charge in [0.2, 0.25) is 0 Å². The Hall–Kier alpha value is -0.880. The van der Waals surface area contributed by atoms with Gasteiger partial charge in [0.25, 0.3) is 0 Å². The van der Waals surface area contributed by atoms with Crippen LogP contribution in [0.5, 0.6) is 0 Å². The van der Waals surface area contributed by atoms with E-state index in [0.29, 0.717) is 24.9 Å². The van der Waals surface area contributed by atoms with Gasteiger partial charge in [-0.1, -0.05) is 13.8 Å². The smallest absolute Gasteiger partial charge is 0.101 e. The lowest BCUT2D eigenvalue weighted by atomic mass is 10.1. The van der Waals surface area contributed by atoms with Crippen molar-refractivity contribution in [2.75, 3.05) is 39.3 Å². The summed E-state index contributed by atoms with van der Waals surface area (Å²) in [4.78, 5) is 8.98. The van der Waals surface area contributed by atoms with E-state index >= 15 is 0 Å². The molecule has 2 aliphatic heterocycles. The van der Waals surface area contributed by atoms with E-state index in [0.717, 1.165) is 50.7 Å². The average molecular weight is 351 g/mol. The molecule has 0 amide bonds. The molecule has 0 saturated carbocycles. The molecular formula is C14H28Cl2N6. The molecule has 0 aromatic heterocycles.